The lowest BCUT2D eigenvalue weighted by Gasteiger charge is -2.26. The van der Waals surface area contributed by atoms with Gasteiger partial charge in [0.05, 0.1) is 5.54 Å². The molecule has 0 saturated heterocycles. The molecule has 1 amide bonds. The Morgan fingerprint density at radius 1 is 0.893 bits per heavy atom. The van der Waals surface area contributed by atoms with Gasteiger partial charge in [-0.2, -0.15) is 0 Å². The fourth-order valence-electron chi connectivity index (χ4n) is 2.66. The van der Waals surface area contributed by atoms with E-state index in [9.17, 15) is 4.79 Å². The highest BCUT2D eigenvalue weighted by atomic mass is 16.6. The number of hydrogen-bond acceptors (Lipinski definition) is 3. The van der Waals surface area contributed by atoms with Crippen LogP contribution in [0.25, 0.3) is 11.1 Å². The molecule has 0 radical (unpaired) electrons. The number of amides is 1. The molecule has 2 aromatic rings. The second-order valence-corrected chi connectivity index (χ2v) is 7.40. The third kappa shape index (κ3) is 6.02. The zero-order valence-electron chi connectivity index (χ0n) is 17.2. The topological polar surface area (TPSA) is 47.6 Å². The van der Waals surface area contributed by atoms with Gasteiger partial charge in [-0.05, 0) is 56.5 Å². The molecule has 148 valence electrons. The molecule has 0 aromatic heterocycles. The maximum atomic E-state index is 12.1. The zero-order valence-corrected chi connectivity index (χ0v) is 17.2. The van der Waals surface area contributed by atoms with Gasteiger partial charge < -0.3 is 14.8 Å². The Hall–Kier alpha value is -3.01. The average Bonchev–Trinajstić information content (AvgIpc) is 2.65. The fourth-order valence-corrected chi connectivity index (χ4v) is 2.66. The van der Waals surface area contributed by atoms with Crippen molar-refractivity contribution in [3.8, 4) is 5.75 Å². The number of allylic oxidation sites excluding steroid dienone is 2. The smallest absolute Gasteiger partial charge is 0.407 e. The predicted molar refractivity (Wildman–Crippen MR) is 115 cm³/mol. The highest BCUT2D eigenvalue weighted by Crippen LogP contribution is 2.22. The van der Waals surface area contributed by atoms with Gasteiger partial charge in [0.25, 0.3) is 0 Å². The van der Waals surface area contributed by atoms with Crippen molar-refractivity contribution in [3.63, 3.8) is 0 Å². The zero-order chi connectivity index (χ0) is 20.7. The van der Waals surface area contributed by atoms with Crippen LogP contribution in [0.2, 0.25) is 0 Å². The molecular formula is C24H29NO3. The van der Waals surface area contributed by atoms with Gasteiger partial charge in [0.2, 0.25) is 0 Å². The monoisotopic (exact) mass is 379 g/mol. The number of nitrogens with one attached hydrogen (secondary N) is 1. The normalized spacial score (nSPS) is 10.9. The van der Waals surface area contributed by atoms with Crippen LogP contribution in [-0.2, 0) is 10.3 Å². The van der Waals surface area contributed by atoms with Gasteiger partial charge in [0.15, 0.2) is 0 Å². The number of hydrogen-bond donors (Lipinski definition) is 1. The standard InChI is InChI=1S/C24H29NO3/c1-17(2)19-7-11-21(12-8-19)24(5,6)25-23(26)28-16-15-27-22-13-9-20(10-14-22)18(3)4/h7-14H,1,3,15-16H2,2,4-6H3,(H,25,26). The SMILES string of the molecule is C=C(C)c1ccc(OCCOC(=O)NC(C)(C)c2ccc(C(=C)C)cc2)cc1. The highest BCUT2D eigenvalue weighted by Gasteiger charge is 2.23. The van der Waals surface area contributed by atoms with Crippen LogP contribution in [0.3, 0.4) is 0 Å². The Morgan fingerprint density at radius 2 is 1.39 bits per heavy atom. The lowest BCUT2D eigenvalue weighted by Crippen LogP contribution is -2.41. The van der Waals surface area contributed by atoms with Gasteiger partial charge in [0.1, 0.15) is 19.0 Å². The summed E-state index contributed by atoms with van der Waals surface area (Å²) in [6.45, 7) is 16.1. The molecule has 0 aliphatic carbocycles. The lowest BCUT2D eigenvalue weighted by molar-refractivity contribution is 0.117. The summed E-state index contributed by atoms with van der Waals surface area (Å²) in [4.78, 5) is 12.1. The third-order valence-electron chi connectivity index (χ3n) is 4.45. The second kappa shape index (κ2) is 9.27. The van der Waals surface area contributed by atoms with Gasteiger partial charge in [-0.1, -0.05) is 60.7 Å². The molecule has 0 heterocycles. The van der Waals surface area contributed by atoms with Crippen molar-refractivity contribution in [2.75, 3.05) is 13.2 Å². The van der Waals surface area contributed by atoms with E-state index in [1.807, 2.05) is 76.2 Å². The summed E-state index contributed by atoms with van der Waals surface area (Å²) >= 11 is 0. The van der Waals surface area contributed by atoms with Crippen LogP contribution in [0, 0.1) is 0 Å². The second-order valence-electron chi connectivity index (χ2n) is 7.40. The van der Waals surface area contributed by atoms with Crippen molar-refractivity contribution in [2.24, 2.45) is 0 Å². The van der Waals surface area contributed by atoms with Crippen molar-refractivity contribution in [3.05, 3.63) is 78.4 Å². The molecule has 4 nitrogen and oxygen atoms in total. The van der Waals surface area contributed by atoms with E-state index in [4.69, 9.17) is 9.47 Å². The van der Waals surface area contributed by atoms with E-state index in [-0.39, 0.29) is 13.2 Å². The van der Waals surface area contributed by atoms with E-state index < -0.39 is 11.6 Å². The molecule has 1 N–H and O–H groups in total. The predicted octanol–water partition coefficient (Wildman–Crippen LogP) is 5.79. The first-order valence-electron chi connectivity index (χ1n) is 9.29. The van der Waals surface area contributed by atoms with E-state index in [1.54, 1.807) is 0 Å². The first-order chi connectivity index (χ1) is 13.2. The van der Waals surface area contributed by atoms with Gasteiger partial charge >= 0.3 is 6.09 Å². The number of carbonyl (C=O) groups excluding carboxylic acids is 1. The van der Waals surface area contributed by atoms with Gasteiger partial charge in [0, 0.05) is 0 Å². The Kier molecular flexibility index (Phi) is 7.05. The minimum absolute atomic E-state index is 0.165. The summed E-state index contributed by atoms with van der Waals surface area (Å²) in [5, 5.41) is 2.89. The highest BCUT2D eigenvalue weighted by molar-refractivity contribution is 5.69. The van der Waals surface area contributed by atoms with Crippen molar-refractivity contribution in [1.29, 1.82) is 0 Å². The molecule has 4 heteroatoms. The molecule has 0 aliphatic heterocycles. The number of rotatable bonds is 8. The first-order valence-corrected chi connectivity index (χ1v) is 9.29. The molecule has 2 rings (SSSR count). The third-order valence-corrected chi connectivity index (χ3v) is 4.45. The first kappa shape index (κ1) is 21.3. The Labute approximate surface area is 167 Å². The van der Waals surface area contributed by atoms with Crippen LogP contribution in [0.1, 0.15) is 44.4 Å². The number of ether oxygens (including phenoxy) is 2. The van der Waals surface area contributed by atoms with Crippen LogP contribution >= 0.6 is 0 Å². The number of alkyl carbamates (subject to hydrolysis) is 1. The van der Waals surface area contributed by atoms with Crippen molar-refractivity contribution in [1.82, 2.24) is 5.32 Å². The van der Waals surface area contributed by atoms with Crippen molar-refractivity contribution >= 4 is 17.2 Å². The molecule has 0 saturated carbocycles. The van der Waals surface area contributed by atoms with Gasteiger partial charge in [-0.25, -0.2) is 4.79 Å². The number of carbonyl (C=O) groups is 1. The Morgan fingerprint density at radius 3 is 1.89 bits per heavy atom. The molecule has 28 heavy (non-hydrogen) atoms. The minimum Gasteiger partial charge on any atom is -0.490 e. The Bertz CT molecular complexity index is 833. The summed E-state index contributed by atoms with van der Waals surface area (Å²) < 4.78 is 10.8. The molecule has 0 spiro atoms. The molecule has 2 aromatic carbocycles. The van der Waals surface area contributed by atoms with Crippen LogP contribution < -0.4 is 10.1 Å². The van der Waals surface area contributed by atoms with Gasteiger partial charge in [-0.3, -0.25) is 0 Å². The molecule has 0 aliphatic rings. The molecular weight excluding hydrogens is 350 g/mol. The molecule has 0 atom stereocenters. The van der Waals surface area contributed by atoms with E-state index in [0.29, 0.717) is 0 Å². The average molecular weight is 380 g/mol. The lowest BCUT2D eigenvalue weighted by atomic mass is 9.93. The van der Waals surface area contributed by atoms with Gasteiger partial charge in [-0.15, -0.1) is 0 Å². The largest absolute Gasteiger partial charge is 0.490 e. The molecule has 0 fully saturated rings. The van der Waals surface area contributed by atoms with Crippen LogP contribution in [-0.4, -0.2) is 19.3 Å². The summed E-state index contributed by atoms with van der Waals surface area (Å²) in [5.74, 6) is 0.729. The summed E-state index contributed by atoms with van der Waals surface area (Å²) in [7, 11) is 0. The van der Waals surface area contributed by atoms with E-state index in [1.165, 1.54) is 0 Å². The van der Waals surface area contributed by atoms with Crippen molar-refractivity contribution < 1.29 is 14.3 Å². The quantitative estimate of drug-likeness (QED) is 0.590. The summed E-state index contributed by atoms with van der Waals surface area (Å²) in [5.41, 5.74) is 4.60. The summed E-state index contributed by atoms with van der Waals surface area (Å²) in [6, 6.07) is 15.6. The molecule has 0 unspecified atom stereocenters. The molecule has 0 bridgehead atoms. The van der Waals surface area contributed by atoms with Crippen LogP contribution in [0.4, 0.5) is 4.79 Å². The maximum absolute atomic E-state index is 12.1. The van der Waals surface area contributed by atoms with Crippen LogP contribution in [0.5, 0.6) is 5.75 Å². The van der Waals surface area contributed by atoms with E-state index >= 15 is 0 Å². The maximum Gasteiger partial charge on any atom is 0.407 e. The van der Waals surface area contributed by atoms with Crippen LogP contribution in [0.15, 0.2) is 61.7 Å². The van der Waals surface area contributed by atoms with Crippen molar-refractivity contribution in [2.45, 2.75) is 33.2 Å². The fraction of sp³-hybridized carbons (Fsp3) is 0.292. The van der Waals surface area contributed by atoms with E-state index in [0.717, 1.165) is 33.6 Å². The Balaban J connectivity index is 1.79. The number of benzene rings is 2. The minimum atomic E-state index is -0.552. The summed E-state index contributed by atoms with van der Waals surface area (Å²) in [6.07, 6.45) is -0.477. The van der Waals surface area contributed by atoms with E-state index in [2.05, 4.69) is 18.5 Å².